The molecule has 0 unspecified atom stereocenters. The van der Waals surface area contributed by atoms with Crippen LogP contribution in [0.3, 0.4) is 0 Å². The lowest BCUT2D eigenvalue weighted by atomic mass is 10.3. The second-order valence-corrected chi connectivity index (χ2v) is 8.30. The molecular formula is C16H17ClN2O3S2. The van der Waals surface area contributed by atoms with Crippen LogP contribution in [0.2, 0.25) is 5.02 Å². The first-order chi connectivity index (χ1) is 11.3. The van der Waals surface area contributed by atoms with Gasteiger partial charge in [-0.1, -0.05) is 23.7 Å². The van der Waals surface area contributed by atoms with Crippen molar-refractivity contribution in [3.63, 3.8) is 0 Å². The van der Waals surface area contributed by atoms with Crippen molar-refractivity contribution in [1.29, 1.82) is 0 Å². The number of para-hydroxylation sites is 1. The topological polar surface area (TPSA) is 66.5 Å². The van der Waals surface area contributed by atoms with E-state index in [-0.39, 0.29) is 11.4 Å². The van der Waals surface area contributed by atoms with Crippen molar-refractivity contribution in [2.45, 2.75) is 9.79 Å². The van der Waals surface area contributed by atoms with E-state index in [2.05, 4.69) is 5.32 Å². The molecule has 5 nitrogen and oxygen atoms in total. The van der Waals surface area contributed by atoms with Gasteiger partial charge in [0.05, 0.1) is 22.2 Å². The van der Waals surface area contributed by atoms with Crippen LogP contribution in [0.5, 0.6) is 0 Å². The third-order valence-corrected chi connectivity index (χ3v) is 6.17. The zero-order valence-electron chi connectivity index (χ0n) is 13.2. The lowest BCUT2D eigenvalue weighted by Crippen LogP contribution is -2.35. The Labute approximate surface area is 151 Å². The first kappa shape index (κ1) is 18.8. The van der Waals surface area contributed by atoms with Crippen LogP contribution in [-0.2, 0) is 14.8 Å². The minimum atomic E-state index is -3.73. The second kappa shape index (κ2) is 8.02. The van der Waals surface area contributed by atoms with E-state index >= 15 is 0 Å². The first-order valence-electron chi connectivity index (χ1n) is 6.99. The third-order valence-electron chi connectivity index (χ3n) is 3.28. The summed E-state index contributed by atoms with van der Waals surface area (Å²) in [5.74, 6) is -0.463. The van der Waals surface area contributed by atoms with Gasteiger partial charge in [-0.15, -0.1) is 11.8 Å². The molecule has 128 valence electrons. The van der Waals surface area contributed by atoms with Gasteiger partial charge in [0, 0.05) is 11.9 Å². The fraction of sp³-hybridized carbons (Fsp3) is 0.188. The molecule has 0 aliphatic rings. The van der Waals surface area contributed by atoms with Gasteiger partial charge in [0.2, 0.25) is 15.9 Å². The summed E-state index contributed by atoms with van der Waals surface area (Å²) in [4.78, 5) is 13.2. The molecule has 0 fully saturated rings. The van der Waals surface area contributed by atoms with Crippen molar-refractivity contribution < 1.29 is 13.2 Å². The van der Waals surface area contributed by atoms with Crippen LogP contribution in [0.1, 0.15) is 0 Å². The molecule has 0 radical (unpaired) electrons. The van der Waals surface area contributed by atoms with Crippen LogP contribution in [0.25, 0.3) is 0 Å². The molecule has 0 aliphatic heterocycles. The van der Waals surface area contributed by atoms with E-state index in [1.807, 2.05) is 6.26 Å². The molecule has 0 spiro atoms. The largest absolute Gasteiger partial charge is 0.324 e. The summed E-state index contributed by atoms with van der Waals surface area (Å²) in [5, 5.41) is 3.00. The second-order valence-electron chi connectivity index (χ2n) is 4.96. The number of carbonyl (C=O) groups excluding carboxylic acids is 1. The number of carbonyl (C=O) groups is 1. The normalized spacial score (nSPS) is 11.5. The molecule has 0 aromatic heterocycles. The summed E-state index contributed by atoms with van der Waals surface area (Å²) in [6.45, 7) is -0.308. The maximum absolute atomic E-state index is 12.5. The van der Waals surface area contributed by atoms with Gasteiger partial charge in [0.15, 0.2) is 0 Å². The molecular weight excluding hydrogens is 368 g/mol. The van der Waals surface area contributed by atoms with Gasteiger partial charge in [-0.3, -0.25) is 4.79 Å². The highest BCUT2D eigenvalue weighted by atomic mass is 35.5. The van der Waals surface area contributed by atoms with Gasteiger partial charge in [0.1, 0.15) is 0 Å². The van der Waals surface area contributed by atoms with Crippen molar-refractivity contribution in [1.82, 2.24) is 4.31 Å². The quantitative estimate of drug-likeness (QED) is 0.776. The molecule has 2 aromatic carbocycles. The number of thioether (sulfide) groups is 1. The minimum Gasteiger partial charge on any atom is -0.324 e. The Balaban J connectivity index is 2.08. The molecule has 1 amide bonds. The number of hydrogen-bond donors (Lipinski definition) is 1. The summed E-state index contributed by atoms with van der Waals surface area (Å²) in [6, 6.07) is 13.3. The van der Waals surface area contributed by atoms with E-state index in [9.17, 15) is 13.2 Å². The van der Waals surface area contributed by atoms with Crippen molar-refractivity contribution in [3.05, 3.63) is 53.6 Å². The molecule has 0 saturated heterocycles. The fourth-order valence-corrected chi connectivity index (χ4v) is 3.69. The Hall–Kier alpha value is -1.54. The molecule has 1 N–H and O–H groups in total. The van der Waals surface area contributed by atoms with E-state index < -0.39 is 15.9 Å². The van der Waals surface area contributed by atoms with Crippen LogP contribution in [0, 0.1) is 0 Å². The lowest BCUT2D eigenvalue weighted by molar-refractivity contribution is -0.116. The Morgan fingerprint density at radius 2 is 1.79 bits per heavy atom. The van der Waals surface area contributed by atoms with Gasteiger partial charge in [-0.25, -0.2) is 8.42 Å². The van der Waals surface area contributed by atoms with Crippen molar-refractivity contribution >= 4 is 45.0 Å². The van der Waals surface area contributed by atoms with Crippen molar-refractivity contribution in [2.24, 2.45) is 0 Å². The standard InChI is InChI=1S/C16H17ClN2O3S2/c1-19(11-16(20)18-15-6-4-3-5-14(15)17)24(21,22)13-9-7-12(23-2)8-10-13/h3-10H,11H2,1-2H3,(H,18,20). The van der Waals surface area contributed by atoms with Gasteiger partial charge >= 0.3 is 0 Å². The highest BCUT2D eigenvalue weighted by Crippen LogP contribution is 2.21. The van der Waals surface area contributed by atoms with E-state index in [1.165, 1.54) is 30.9 Å². The SMILES string of the molecule is CSc1ccc(S(=O)(=O)N(C)CC(=O)Nc2ccccc2Cl)cc1. The first-order valence-corrected chi connectivity index (χ1v) is 10.0. The van der Waals surface area contributed by atoms with Gasteiger partial charge in [-0.2, -0.15) is 4.31 Å². The van der Waals surface area contributed by atoms with Crippen LogP contribution in [0.4, 0.5) is 5.69 Å². The minimum absolute atomic E-state index is 0.147. The fourth-order valence-electron chi connectivity index (χ4n) is 1.97. The summed E-state index contributed by atoms with van der Waals surface area (Å²) >= 11 is 7.50. The van der Waals surface area contributed by atoms with Crippen molar-refractivity contribution in [2.75, 3.05) is 25.2 Å². The average Bonchev–Trinajstić information content (AvgIpc) is 2.57. The molecule has 2 aromatic rings. The highest BCUT2D eigenvalue weighted by Gasteiger charge is 2.23. The monoisotopic (exact) mass is 384 g/mol. The maximum Gasteiger partial charge on any atom is 0.243 e. The smallest absolute Gasteiger partial charge is 0.243 e. The van der Waals surface area contributed by atoms with Crippen LogP contribution in [0.15, 0.2) is 58.3 Å². The van der Waals surface area contributed by atoms with Gasteiger partial charge < -0.3 is 5.32 Å². The molecule has 0 aliphatic carbocycles. The Bertz CT molecular complexity index is 823. The zero-order chi connectivity index (χ0) is 17.7. The molecule has 0 saturated carbocycles. The number of rotatable bonds is 6. The van der Waals surface area contributed by atoms with Crippen LogP contribution < -0.4 is 5.32 Å². The number of anilines is 1. The zero-order valence-corrected chi connectivity index (χ0v) is 15.6. The summed E-state index contributed by atoms with van der Waals surface area (Å²) < 4.78 is 26.0. The molecule has 2 rings (SSSR count). The van der Waals surface area contributed by atoms with E-state index in [1.54, 1.807) is 36.4 Å². The maximum atomic E-state index is 12.5. The number of halogens is 1. The number of sulfonamides is 1. The number of nitrogens with zero attached hydrogens (tertiary/aromatic N) is 1. The van der Waals surface area contributed by atoms with E-state index in [0.717, 1.165) is 9.20 Å². The van der Waals surface area contributed by atoms with Crippen molar-refractivity contribution in [3.8, 4) is 0 Å². The van der Waals surface area contributed by atoms with Crippen LogP contribution in [-0.4, -0.2) is 38.5 Å². The number of amides is 1. The molecule has 0 heterocycles. The number of hydrogen-bond acceptors (Lipinski definition) is 4. The third kappa shape index (κ3) is 4.51. The summed E-state index contributed by atoms with van der Waals surface area (Å²) in [6.07, 6.45) is 1.91. The van der Waals surface area contributed by atoms with Gasteiger partial charge in [0.25, 0.3) is 0 Å². The van der Waals surface area contributed by atoms with E-state index in [4.69, 9.17) is 11.6 Å². The summed E-state index contributed by atoms with van der Waals surface area (Å²) in [7, 11) is -2.37. The average molecular weight is 385 g/mol. The predicted molar refractivity (Wildman–Crippen MR) is 98.1 cm³/mol. The predicted octanol–water partition coefficient (Wildman–Crippen LogP) is 3.32. The molecule has 24 heavy (non-hydrogen) atoms. The number of likely N-dealkylation sites (N-methyl/N-ethyl adjacent to an activating group) is 1. The van der Waals surface area contributed by atoms with Crippen LogP contribution >= 0.6 is 23.4 Å². The molecule has 8 heteroatoms. The van der Waals surface area contributed by atoms with Gasteiger partial charge in [-0.05, 0) is 42.7 Å². The Morgan fingerprint density at radius 1 is 1.17 bits per heavy atom. The lowest BCUT2D eigenvalue weighted by Gasteiger charge is -2.17. The molecule has 0 bridgehead atoms. The Kier molecular flexibility index (Phi) is 6.28. The molecule has 0 atom stereocenters. The number of benzene rings is 2. The summed E-state index contributed by atoms with van der Waals surface area (Å²) in [5.41, 5.74) is 0.444. The Morgan fingerprint density at radius 3 is 2.38 bits per heavy atom. The number of nitrogens with one attached hydrogen (secondary N) is 1. The highest BCUT2D eigenvalue weighted by molar-refractivity contribution is 7.98. The van der Waals surface area contributed by atoms with E-state index in [0.29, 0.717) is 10.7 Å².